The molecule has 0 aliphatic heterocycles. The van der Waals surface area contributed by atoms with Crippen molar-refractivity contribution in [3.8, 4) is 0 Å². The summed E-state index contributed by atoms with van der Waals surface area (Å²) in [6.45, 7) is 7.08. The van der Waals surface area contributed by atoms with Gasteiger partial charge in [-0.2, -0.15) is 0 Å². The van der Waals surface area contributed by atoms with Crippen molar-refractivity contribution in [3.05, 3.63) is 0 Å². The minimum absolute atomic E-state index is 0.0886. The van der Waals surface area contributed by atoms with E-state index in [0.29, 0.717) is 11.8 Å². The van der Waals surface area contributed by atoms with Crippen molar-refractivity contribution in [2.45, 2.75) is 83.8 Å². The normalized spacial score (nSPS) is 57.7. The smallest absolute Gasteiger partial charge is 0.0905 e. The Morgan fingerprint density at radius 1 is 0.957 bits per heavy atom. The molecule has 3 heteroatoms. The average Bonchev–Trinajstić information content (AvgIpc) is 2.79. The van der Waals surface area contributed by atoms with E-state index in [1.807, 2.05) is 0 Å². The molecule has 23 heavy (non-hydrogen) atoms. The lowest BCUT2D eigenvalue weighted by Crippen LogP contribution is -2.60. The zero-order valence-corrected chi connectivity index (χ0v) is 15.0. The van der Waals surface area contributed by atoms with Crippen LogP contribution >= 0.6 is 0 Å². The highest BCUT2D eigenvalue weighted by Gasteiger charge is 2.69. The zero-order valence-electron chi connectivity index (χ0n) is 15.0. The summed E-state index contributed by atoms with van der Waals surface area (Å²) in [7, 11) is 0. The van der Waals surface area contributed by atoms with Gasteiger partial charge in [-0.05, 0) is 85.4 Å². The number of aliphatic hydroxyl groups excluding tert-OH is 2. The number of rotatable bonds is 1. The standard InChI is InChI=1S/C20H34O3/c1-17(2)10-15(22)11-18(3)16(17)5-4-13-8-14-9-19(13,18)6-7-20(14,23)12-21/h13-16,21-23H,4-12H2,1-3H3/t13-,14-,15-,16?,18-,19+,20+/m0/s1. The molecule has 7 atom stereocenters. The Bertz CT molecular complexity index is 503. The molecule has 0 radical (unpaired) electrons. The Balaban J connectivity index is 1.76. The third-order valence-corrected chi connectivity index (χ3v) is 9.07. The van der Waals surface area contributed by atoms with Crippen molar-refractivity contribution in [1.82, 2.24) is 0 Å². The highest BCUT2D eigenvalue weighted by molar-refractivity contribution is 5.18. The molecule has 4 aliphatic rings. The van der Waals surface area contributed by atoms with Gasteiger partial charge in [-0.15, -0.1) is 0 Å². The summed E-state index contributed by atoms with van der Waals surface area (Å²) in [6, 6.07) is 0. The van der Waals surface area contributed by atoms with E-state index in [2.05, 4.69) is 20.8 Å². The van der Waals surface area contributed by atoms with Crippen LogP contribution in [0, 0.1) is 34.0 Å². The Kier molecular flexibility index (Phi) is 3.37. The Morgan fingerprint density at radius 3 is 2.39 bits per heavy atom. The zero-order chi connectivity index (χ0) is 16.7. The van der Waals surface area contributed by atoms with Gasteiger partial charge in [0.15, 0.2) is 0 Å². The molecule has 0 amide bonds. The van der Waals surface area contributed by atoms with Crippen LogP contribution in [0.5, 0.6) is 0 Å². The van der Waals surface area contributed by atoms with E-state index in [-0.39, 0.29) is 34.9 Å². The first-order chi connectivity index (χ1) is 10.7. The summed E-state index contributed by atoms with van der Waals surface area (Å²) in [6.07, 6.45) is 8.13. The molecule has 0 aromatic heterocycles. The van der Waals surface area contributed by atoms with Gasteiger partial charge < -0.3 is 15.3 Å². The van der Waals surface area contributed by atoms with Gasteiger partial charge in [0.1, 0.15) is 0 Å². The molecule has 4 rings (SSSR count). The van der Waals surface area contributed by atoms with Gasteiger partial charge in [0.05, 0.1) is 18.3 Å². The maximum atomic E-state index is 10.8. The topological polar surface area (TPSA) is 60.7 Å². The van der Waals surface area contributed by atoms with Crippen LogP contribution in [0.3, 0.4) is 0 Å². The minimum Gasteiger partial charge on any atom is -0.393 e. The molecule has 3 N–H and O–H groups in total. The van der Waals surface area contributed by atoms with E-state index in [1.165, 1.54) is 12.8 Å². The van der Waals surface area contributed by atoms with E-state index in [9.17, 15) is 15.3 Å². The van der Waals surface area contributed by atoms with Crippen LogP contribution in [0.2, 0.25) is 0 Å². The summed E-state index contributed by atoms with van der Waals surface area (Å²) in [5.41, 5.74) is -0.185. The van der Waals surface area contributed by atoms with Gasteiger partial charge in [0, 0.05) is 0 Å². The van der Waals surface area contributed by atoms with Crippen LogP contribution in [0.1, 0.15) is 72.1 Å². The molecule has 132 valence electrons. The molecule has 0 saturated heterocycles. The van der Waals surface area contributed by atoms with Crippen LogP contribution in [-0.2, 0) is 0 Å². The monoisotopic (exact) mass is 322 g/mol. The van der Waals surface area contributed by atoms with Crippen molar-refractivity contribution in [2.75, 3.05) is 6.61 Å². The summed E-state index contributed by atoms with van der Waals surface area (Å²) in [5, 5.41) is 31.2. The van der Waals surface area contributed by atoms with Crippen LogP contribution in [-0.4, -0.2) is 33.6 Å². The molecule has 4 saturated carbocycles. The molecular weight excluding hydrogens is 288 g/mol. The van der Waals surface area contributed by atoms with E-state index in [1.54, 1.807) is 0 Å². The van der Waals surface area contributed by atoms with Crippen molar-refractivity contribution < 1.29 is 15.3 Å². The predicted octanol–water partition coefficient (Wildman–Crippen LogP) is 3.11. The average molecular weight is 322 g/mol. The van der Waals surface area contributed by atoms with Crippen molar-refractivity contribution in [3.63, 3.8) is 0 Å². The fourth-order valence-corrected chi connectivity index (χ4v) is 8.15. The van der Waals surface area contributed by atoms with E-state index in [4.69, 9.17) is 0 Å². The Labute approximate surface area is 140 Å². The maximum absolute atomic E-state index is 10.8. The van der Waals surface area contributed by atoms with E-state index >= 15 is 0 Å². The first-order valence-electron chi connectivity index (χ1n) is 9.68. The number of hydrogen-bond donors (Lipinski definition) is 3. The highest BCUT2D eigenvalue weighted by atomic mass is 16.3. The maximum Gasteiger partial charge on any atom is 0.0905 e. The molecule has 1 spiro atoms. The molecule has 4 fully saturated rings. The van der Waals surface area contributed by atoms with Crippen molar-refractivity contribution in [1.29, 1.82) is 0 Å². The third kappa shape index (κ3) is 1.93. The number of aliphatic hydroxyl groups is 3. The second-order valence-corrected chi connectivity index (χ2v) is 10.3. The lowest BCUT2D eigenvalue weighted by atomic mass is 9.39. The lowest BCUT2D eigenvalue weighted by Gasteiger charge is -2.66. The Hall–Kier alpha value is -0.120. The molecule has 0 aromatic rings. The van der Waals surface area contributed by atoms with Crippen LogP contribution in [0.4, 0.5) is 0 Å². The predicted molar refractivity (Wildman–Crippen MR) is 89.8 cm³/mol. The van der Waals surface area contributed by atoms with Crippen LogP contribution in [0.25, 0.3) is 0 Å². The molecule has 2 bridgehead atoms. The van der Waals surface area contributed by atoms with Gasteiger partial charge in [0.2, 0.25) is 0 Å². The molecule has 0 heterocycles. The van der Waals surface area contributed by atoms with Crippen molar-refractivity contribution in [2.24, 2.45) is 34.0 Å². The number of hydrogen-bond acceptors (Lipinski definition) is 3. The van der Waals surface area contributed by atoms with Gasteiger partial charge in [-0.25, -0.2) is 0 Å². The first-order valence-corrected chi connectivity index (χ1v) is 9.68. The first kappa shape index (κ1) is 16.4. The summed E-state index contributed by atoms with van der Waals surface area (Å²) in [5.74, 6) is 1.60. The lowest BCUT2D eigenvalue weighted by molar-refractivity contribution is -0.197. The van der Waals surface area contributed by atoms with Gasteiger partial charge in [-0.3, -0.25) is 0 Å². The molecular formula is C20H34O3. The fraction of sp³-hybridized carbons (Fsp3) is 1.00. The highest BCUT2D eigenvalue weighted by Crippen LogP contribution is 2.75. The quantitative estimate of drug-likeness (QED) is 0.695. The molecule has 4 aliphatic carbocycles. The van der Waals surface area contributed by atoms with Crippen LogP contribution in [0.15, 0.2) is 0 Å². The number of fused-ring (bicyclic) bond motifs is 2. The Morgan fingerprint density at radius 2 is 1.70 bits per heavy atom. The van der Waals surface area contributed by atoms with Crippen LogP contribution < -0.4 is 0 Å². The third-order valence-electron chi connectivity index (χ3n) is 9.07. The van der Waals surface area contributed by atoms with Gasteiger partial charge in [-0.1, -0.05) is 20.8 Å². The minimum atomic E-state index is -0.850. The van der Waals surface area contributed by atoms with E-state index < -0.39 is 5.60 Å². The molecule has 1 unspecified atom stereocenters. The second-order valence-electron chi connectivity index (χ2n) is 10.3. The van der Waals surface area contributed by atoms with Gasteiger partial charge in [0.25, 0.3) is 0 Å². The molecule has 0 aromatic carbocycles. The van der Waals surface area contributed by atoms with Crippen molar-refractivity contribution >= 4 is 0 Å². The summed E-state index contributed by atoms with van der Waals surface area (Å²) in [4.78, 5) is 0. The van der Waals surface area contributed by atoms with Gasteiger partial charge >= 0.3 is 0 Å². The largest absolute Gasteiger partial charge is 0.393 e. The van der Waals surface area contributed by atoms with E-state index in [0.717, 1.165) is 38.5 Å². The fourth-order valence-electron chi connectivity index (χ4n) is 8.15. The molecule has 3 nitrogen and oxygen atoms in total. The SMILES string of the molecule is CC1(C)C[C@H](O)C[C@@]2(C)C1CC[C@H]1C[C@H]3C[C@]12CC[C@@]3(O)CO. The summed E-state index contributed by atoms with van der Waals surface area (Å²) < 4.78 is 0. The summed E-state index contributed by atoms with van der Waals surface area (Å²) >= 11 is 0. The second kappa shape index (κ2) is 4.74.